The number of carbonyl (C=O) groups is 1. The van der Waals surface area contributed by atoms with Crippen molar-refractivity contribution in [3.63, 3.8) is 0 Å². The van der Waals surface area contributed by atoms with Gasteiger partial charge in [-0.05, 0) is 37.8 Å². The number of amides is 1. The molecule has 0 aromatic carbocycles. The van der Waals surface area contributed by atoms with Crippen LogP contribution in [0.2, 0.25) is 0 Å². The molecule has 4 nitrogen and oxygen atoms in total. The van der Waals surface area contributed by atoms with Crippen LogP contribution in [0.25, 0.3) is 0 Å². The zero-order valence-electron chi connectivity index (χ0n) is 11.5. The third-order valence-electron chi connectivity index (χ3n) is 3.90. The number of hydrogen-bond donors (Lipinski definition) is 0. The molecule has 1 saturated heterocycles. The molecule has 2 rings (SSSR count). The van der Waals surface area contributed by atoms with E-state index < -0.39 is 9.05 Å². The third-order valence-corrected chi connectivity index (χ3v) is 7.07. The second-order valence-corrected chi connectivity index (χ2v) is 9.24. The van der Waals surface area contributed by atoms with E-state index in [0.717, 1.165) is 35.6 Å². The average Bonchev–Trinajstić information content (AvgIpc) is 2.81. The minimum absolute atomic E-state index is 0.0596. The van der Waals surface area contributed by atoms with Gasteiger partial charge in [-0.1, -0.05) is 6.92 Å². The molecule has 112 valence electrons. The first-order chi connectivity index (χ1) is 9.29. The van der Waals surface area contributed by atoms with E-state index in [9.17, 15) is 13.2 Å². The molecule has 1 amide bonds. The van der Waals surface area contributed by atoms with E-state index in [2.05, 4.69) is 13.8 Å². The fourth-order valence-electron chi connectivity index (χ4n) is 2.52. The predicted octanol–water partition coefficient (Wildman–Crippen LogP) is 2.87. The molecule has 2 atom stereocenters. The van der Waals surface area contributed by atoms with E-state index in [-0.39, 0.29) is 22.6 Å². The largest absolute Gasteiger partial charge is 0.339 e. The van der Waals surface area contributed by atoms with E-state index in [1.807, 2.05) is 4.90 Å². The molecule has 0 radical (unpaired) electrons. The van der Waals surface area contributed by atoms with Gasteiger partial charge in [-0.2, -0.15) is 0 Å². The number of piperidine rings is 1. The summed E-state index contributed by atoms with van der Waals surface area (Å²) in [6.45, 7) is 5.02. The lowest BCUT2D eigenvalue weighted by Crippen LogP contribution is -2.46. The van der Waals surface area contributed by atoms with E-state index in [4.69, 9.17) is 10.7 Å². The zero-order chi connectivity index (χ0) is 14.9. The quantitative estimate of drug-likeness (QED) is 0.798. The van der Waals surface area contributed by atoms with Crippen molar-refractivity contribution in [3.8, 4) is 0 Å². The van der Waals surface area contributed by atoms with Crippen LogP contribution in [0.5, 0.6) is 0 Å². The predicted molar refractivity (Wildman–Crippen MR) is 80.6 cm³/mol. The Kier molecular flexibility index (Phi) is 4.76. The Balaban J connectivity index is 2.06. The van der Waals surface area contributed by atoms with Crippen molar-refractivity contribution in [2.45, 2.75) is 43.4 Å². The first-order valence-corrected chi connectivity index (χ1v) is 9.74. The van der Waals surface area contributed by atoms with Crippen LogP contribution in [0.1, 0.15) is 31.6 Å². The minimum atomic E-state index is -3.70. The highest BCUT2D eigenvalue weighted by Gasteiger charge is 2.28. The third kappa shape index (κ3) is 3.54. The molecule has 0 aliphatic carbocycles. The topological polar surface area (TPSA) is 54.5 Å². The maximum absolute atomic E-state index is 12.3. The van der Waals surface area contributed by atoms with Crippen LogP contribution in [0, 0.1) is 5.92 Å². The van der Waals surface area contributed by atoms with Gasteiger partial charge in [0.15, 0.2) is 0 Å². The van der Waals surface area contributed by atoms with Gasteiger partial charge in [0.05, 0.1) is 6.42 Å². The number of thiophene rings is 1. The second-order valence-electron chi connectivity index (χ2n) is 5.28. The Morgan fingerprint density at radius 2 is 2.15 bits per heavy atom. The average molecular weight is 336 g/mol. The number of halogens is 1. The lowest BCUT2D eigenvalue weighted by Gasteiger charge is -2.38. The van der Waals surface area contributed by atoms with Crippen molar-refractivity contribution in [3.05, 3.63) is 17.0 Å². The van der Waals surface area contributed by atoms with Gasteiger partial charge >= 0.3 is 0 Å². The fourth-order valence-corrected chi connectivity index (χ4v) is 4.64. The highest BCUT2D eigenvalue weighted by atomic mass is 35.7. The molecule has 1 aliphatic heterocycles. The first-order valence-electron chi connectivity index (χ1n) is 6.62. The van der Waals surface area contributed by atoms with Gasteiger partial charge in [0.2, 0.25) is 5.91 Å². The minimum Gasteiger partial charge on any atom is -0.339 e. The summed E-state index contributed by atoms with van der Waals surface area (Å²) in [6, 6.07) is 3.36. The summed E-state index contributed by atoms with van der Waals surface area (Å²) in [6.07, 6.45) is 2.43. The summed E-state index contributed by atoms with van der Waals surface area (Å²) in [5.41, 5.74) is 0. The highest BCUT2D eigenvalue weighted by Crippen LogP contribution is 2.27. The Morgan fingerprint density at radius 1 is 1.45 bits per heavy atom. The van der Waals surface area contributed by atoms with Crippen LogP contribution >= 0.6 is 22.0 Å². The van der Waals surface area contributed by atoms with Gasteiger partial charge in [-0.15, -0.1) is 11.3 Å². The van der Waals surface area contributed by atoms with E-state index in [1.54, 1.807) is 6.07 Å². The molecular weight excluding hydrogens is 318 g/mol. The van der Waals surface area contributed by atoms with Gasteiger partial charge in [-0.25, -0.2) is 8.42 Å². The van der Waals surface area contributed by atoms with Crippen LogP contribution in [0.15, 0.2) is 16.3 Å². The van der Waals surface area contributed by atoms with Crippen molar-refractivity contribution in [1.82, 2.24) is 4.90 Å². The van der Waals surface area contributed by atoms with Crippen LogP contribution in [-0.4, -0.2) is 31.8 Å². The number of nitrogens with zero attached hydrogens (tertiary/aromatic N) is 1. The summed E-state index contributed by atoms with van der Waals surface area (Å²) >= 11 is 1.07. The standard InChI is InChI=1S/C13H18ClNO3S2/c1-9-4-3-7-15(10(9)2)12(16)8-11-5-6-13(19-11)20(14,17)18/h5-6,9-10H,3-4,7-8H2,1-2H3. The Labute approximate surface area is 128 Å². The molecule has 2 unspecified atom stereocenters. The normalized spacial score (nSPS) is 23.9. The monoisotopic (exact) mass is 335 g/mol. The smallest absolute Gasteiger partial charge is 0.270 e. The summed E-state index contributed by atoms with van der Waals surface area (Å²) in [5.74, 6) is 0.569. The molecule has 0 bridgehead atoms. The van der Waals surface area contributed by atoms with E-state index >= 15 is 0 Å². The SMILES string of the molecule is CC1CCCN(C(=O)Cc2ccc(S(=O)(=O)Cl)s2)C1C. The molecule has 0 spiro atoms. The Hall–Kier alpha value is -0.590. The summed E-state index contributed by atoms with van der Waals surface area (Å²) in [4.78, 5) is 15.0. The molecule has 2 heterocycles. The molecule has 1 aliphatic rings. The lowest BCUT2D eigenvalue weighted by atomic mass is 9.92. The van der Waals surface area contributed by atoms with Crippen LogP contribution < -0.4 is 0 Å². The van der Waals surface area contributed by atoms with Crippen molar-refractivity contribution >= 4 is 37.0 Å². The second kappa shape index (κ2) is 6.03. The summed E-state index contributed by atoms with van der Waals surface area (Å²) in [5, 5.41) is 0. The molecule has 0 N–H and O–H groups in total. The van der Waals surface area contributed by atoms with Crippen molar-refractivity contribution in [2.24, 2.45) is 5.92 Å². The summed E-state index contributed by atoms with van der Waals surface area (Å²) < 4.78 is 22.5. The van der Waals surface area contributed by atoms with Crippen molar-refractivity contribution in [2.75, 3.05) is 6.54 Å². The number of rotatable bonds is 3. The van der Waals surface area contributed by atoms with Crippen LogP contribution in [-0.2, 0) is 20.3 Å². The maximum Gasteiger partial charge on any atom is 0.270 e. The molecule has 0 saturated carbocycles. The summed E-state index contributed by atoms with van der Waals surface area (Å²) in [7, 11) is 1.59. The maximum atomic E-state index is 12.3. The molecule has 7 heteroatoms. The van der Waals surface area contributed by atoms with Gasteiger partial charge < -0.3 is 4.90 Å². The van der Waals surface area contributed by atoms with Gasteiger partial charge in [0.25, 0.3) is 9.05 Å². The molecule has 1 fully saturated rings. The highest BCUT2D eigenvalue weighted by molar-refractivity contribution is 8.15. The number of carbonyl (C=O) groups excluding carboxylic acids is 1. The van der Waals surface area contributed by atoms with Crippen molar-refractivity contribution in [1.29, 1.82) is 0 Å². The molecule has 1 aromatic heterocycles. The van der Waals surface area contributed by atoms with Gasteiger partial charge in [-0.3, -0.25) is 4.79 Å². The molecule has 20 heavy (non-hydrogen) atoms. The van der Waals surface area contributed by atoms with Crippen LogP contribution in [0.3, 0.4) is 0 Å². The first kappa shape index (κ1) is 15.8. The van der Waals surface area contributed by atoms with Crippen molar-refractivity contribution < 1.29 is 13.2 Å². The fraction of sp³-hybridized carbons (Fsp3) is 0.615. The molecular formula is C13H18ClNO3S2. The van der Waals surface area contributed by atoms with Gasteiger partial charge in [0, 0.05) is 28.1 Å². The molecule has 1 aromatic rings. The van der Waals surface area contributed by atoms with E-state index in [1.165, 1.54) is 6.07 Å². The Morgan fingerprint density at radius 3 is 2.75 bits per heavy atom. The zero-order valence-corrected chi connectivity index (χ0v) is 13.9. The van der Waals surface area contributed by atoms with Crippen LogP contribution in [0.4, 0.5) is 0 Å². The van der Waals surface area contributed by atoms with Gasteiger partial charge in [0.1, 0.15) is 4.21 Å². The lowest BCUT2D eigenvalue weighted by molar-refractivity contribution is -0.134. The number of hydrogen-bond acceptors (Lipinski definition) is 4. The van der Waals surface area contributed by atoms with E-state index in [0.29, 0.717) is 5.92 Å². The Bertz CT molecular complexity index is 597. The number of likely N-dealkylation sites (tertiary alicyclic amines) is 1.